The molecule has 0 saturated carbocycles. The predicted octanol–water partition coefficient (Wildman–Crippen LogP) is 6.65. The largest absolute Gasteiger partial charge is 0.444 e. The van der Waals surface area contributed by atoms with Gasteiger partial charge in [0.05, 0.1) is 30.2 Å². The SMILES string of the molecule is CC.Cc1c(Cc2c(CN3CCCC4(C3)CN(C(=O)OC(C)(C)C)C4)nc3c(C)cc(N4CCOCC4)nn23)cccc1C(F)(F)F. The number of benzene rings is 1. The number of hydrogen-bond donors (Lipinski definition) is 0. The summed E-state index contributed by atoms with van der Waals surface area (Å²) in [7, 11) is 0. The van der Waals surface area contributed by atoms with Crippen LogP contribution in [0.1, 0.15) is 81.1 Å². The molecule has 1 aromatic carbocycles. The number of ether oxygens (including phenoxy) is 2. The van der Waals surface area contributed by atoms with Crippen molar-refractivity contribution in [1.29, 1.82) is 0 Å². The monoisotopic (exact) mass is 658 g/mol. The van der Waals surface area contributed by atoms with Crippen LogP contribution in [-0.2, 0) is 28.6 Å². The fourth-order valence-corrected chi connectivity index (χ4v) is 6.99. The van der Waals surface area contributed by atoms with Gasteiger partial charge in [-0.25, -0.2) is 14.3 Å². The molecule has 47 heavy (non-hydrogen) atoms. The van der Waals surface area contributed by atoms with Crippen LogP contribution < -0.4 is 4.90 Å². The highest BCUT2D eigenvalue weighted by Crippen LogP contribution is 2.40. The summed E-state index contributed by atoms with van der Waals surface area (Å²) in [5.74, 6) is 0.808. The van der Waals surface area contributed by atoms with E-state index in [0.717, 1.165) is 67.9 Å². The lowest BCUT2D eigenvalue weighted by Gasteiger charge is -2.54. The topological polar surface area (TPSA) is 75.4 Å². The summed E-state index contributed by atoms with van der Waals surface area (Å²) >= 11 is 0. The number of rotatable bonds is 5. The van der Waals surface area contributed by atoms with Crippen molar-refractivity contribution in [2.45, 2.75) is 86.1 Å². The highest BCUT2D eigenvalue weighted by Gasteiger charge is 2.48. The maximum Gasteiger partial charge on any atom is 0.416 e. The maximum atomic E-state index is 13.8. The van der Waals surface area contributed by atoms with Crippen molar-refractivity contribution in [1.82, 2.24) is 24.4 Å². The molecule has 258 valence electrons. The van der Waals surface area contributed by atoms with Crippen LogP contribution in [0.5, 0.6) is 0 Å². The molecule has 1 spiro atoms. The Bertz CT molecular complexity index is 1570. The molecule has 3 aliphatic rings. The van der Waals surface area contributed by atoms with Gasteiger partial charge in [0, 0.05) is 51.1 Å². The summed E-state index contributed by atoms with van der Waals surface area (Å²) in [4.78, 5) is 24.0. The number of aryl methyl sites for hydroxylation is 1. The molecule has 3 aromatic rings. The summed E-state index contributed by atoms with van der Waals surface area (Å²) in [5.41, 5.74) is 2.97. The van der Waals surface area contributed by atoms with Crippen LogP contribution in [0.2, 0.25) is 0 Å². The minimum absolute atomic E-state index is 0.00374. The first-order chi connectivity index (χ1) is 22.2. The standard InChI is InChI=1S/C33H43F3N6O3.C2H6/c1-22-16-28(40-12-14-44-15-13-40)38-42-27(17-24-8-6-9-25(23(24)2)33(34,35)36)26(37-29(22)42)18-39-11-7-10-32(19-39)20-41(21-32)30(43)45-31(3,4)5;1-2/h6,8-9,16H,7,10-15,17-21H2,1-5H3;1-2H3. The van der Waals surface area contributed by atoms with E-state index in [-0.39, 0.29) is 23.5 Å². The number of amides is 1. The predicted molar refractivity (Wildman–Crippen MR) is 176 cm³/mol. The second-order valence-corrected chi connectivity index (χ2v) is 13.9. The van der Waals surface area contributed by atoms with Crippen molar-refractivity contribution in [2.75, 3.05) is 57.4 Å². The molecule has 2 aromatic heterocycles. The quantitative estimate of drug-likeness (QED) is 0.304. The number of carbonyl (C=O) groups excluding carboxylic acids is 1. The lowest BCUT2D eigenvalue weighted by atomic mass is 9.73. The number of piperidine rings is 1. The number of halogens is 3. The number of imidazole rings is 1. The molecule has 0 unspecified atom stereocenters. The van der Waals surface area contributed by atoms with Crippen molar-refractivity contribution < 1.29 is 27.4 Å². The van der Waals surface area contributed by atoms with E-state index in [4.69, 9.17) is 19.6 Å². The summed E-state index contributed by atoms with van der Waals surface area (Å²) in [6.07, 6.45) is -2.40. The van der Waals surface area contributed by atoms with Gasteiger partial charge in [-0.15, -0.1) is 5.10 Å². The summed E-state index contributed by atoms with van der Waals surface area (Å²) in [6.45, 7) is 19.4. The molecule has 0 N–H and O–H groups in total. The number of nitrogens with zero attached hydrogens (tertiary/aromatic N) is 6. The Morgan fingerprint density at radius 3 is 2.40 bits per heavy atom. The molecule has 0 atom stereocenters. The smallest absolute Gasteiger partial charge is 0.416 e. The third kappa shape index (κ3) is 7.69. The van der Waals surface area contributed by atoms with Gasteiger partial charge >= 0.3 is 12.3 Å². The van der Waals surface area contributed by atoms with Gasteiger partial charge in [-0.1, -0.05) is 26.0 Å². The van der Waals surface area contributed by atoms with E-state index in [1.807, 2.05) is 52.1 Å². The van der Waals surface area contributed by atoms with Crippen LogP contribution in [0.15, 0.2) is 24.3 Å². The van der Waals surface area contributed by atoms with Gasteiger partial charge in [0.25, 0.3) is 0 Å². The van der Waals surface area contributed by atoms with Crippen molar-refractivity contribution in [2.24, 2.45) is 5.41 Å². The summed E-state index contributed by atoms with van der Waals surface area (Å²) in [6, 6.07) is 6.42. The van der Waals surface area contributed by atoms with Gasteiger partial charge in [0.2, 0.25) is 0 Å². The van der Waals surface area contributed by atoms with E-state index < -0.39 is 17.3 Å². The number of hydrogen-bond acceptors (Lipinski definition) is 7. The Morgan fingerprint density at radius 2 is 1.74 bits per heavy atom. The second kappa shape index (κ2) is 13.6. The van der Waals surface area contributed by atoms with Crippen molar-refractivity contribution >= 4 is 17.6 Å². The minimum atomic E-state index is -4.43. The third-order valence-electron chi connectivity index (χ3n) is 9.19. The Balaban J connectivity index is 0.00000213. The number of fused-ring (bicyclic) bond motifs is 1. The van der Waals surface area contributed by atoms with Gasteiger partial charge in [0.15, 0.2) is 5.65 Å². The van der Waals surface area contributed by atoms with E-state index in [1.54, 1.807) is 17.9 Å². The van der Waals surface area contributed by atoms with E-state index in [1.165, 1.54) is 6.07 Å². The van der Waals surface area contributed by atoms with E-state index in [9.17, 15) is 18.0 Å². The van der Waals surface area contributed by atoms with Crippen molar-refractivity contribution in [3.05, 3.63) is 57.9 Å². The third-order valence-corrected chi connectivity index (χ3v) is 9.19. The van der Waals surface area contributed by atoms with Gasteiger partial charge < -0.3 is 19.3 Å². The summed E-state index contributed by atoms with van der Waals surface area (Å²) < 4.78 is 54.5. The number of anilines is 1. The Labute approximate surface area is 276 Å². The molecule has 5 heterocycles. The lowest BCUT2D eigenvalue weighted by Crippen LogP contribution is -2.64. The van der Waals surface area contributed by atoms with Gasteiger partial charge in [-0.2, -0.15) is 13.2 Å². The highest BCUT2D eigenvalue weighted by molar-refractivity contribution is 5.69. The zero-order valence-corrected chi connectivity index (χ0v) is 28.8. The molecular formula is C35H49F3N6O3. The number of alkyl halides is 3. The average Bonchev–Trinajstić information content (AvgIpc) is 3.34. The molecule has 3 fully saturated rings. The molecule has 0 radical (unpaired) electrons. The van der Waals surface area contributed by atoms with E-state index in [2.05, 4.69) is 9.80 Å². The highest BCUT2D eigenvalue weighted by atomic mass is 19.4. The first-order valence-electron chi connectivity index (χ1n) is 16.8. The van der Waals surface area contributed by atoms with Crippen LogP contribution in [0.25, 0.3) is 5.65 Å². The first kappa shape index (κ1) is 34.9. The molecule has 6 rings (SSSR count). The molecular weight excluding hydrogens is 609 g/mol. The number of carbonyl (C=O) groups is 1. The fraction of sp³-hybridized carbons (Fsp3) is 0.629. The minimum Gasteiger partial charge on any atom is -0.444 e. The van der Waals surface area contributed by atoms with Crippen LogP contribution in [-0.4, -0.2) is 88.6 Å². The van der Waals surface area contributed by atoms with Gasteiger partial charge in [-0.3, -0.25) is 4.90 Å². The number of aromatic nitrogens is 3. The van der Waals surface area contributed by atoms with E-state index >= 15 is 0 Å². The molecule has 0 aliphatic carbocycles. The fourth-order valence-electron chi connectivity index (χ4n) is 6.99. The molecule has 0 bridgehead atoms. The van der Waals surface area contributed by atoms with Gasteiger partial charge in [-0.05, 0) is 82.8 Å². The zero-order chi connectivity index (χ0) is 34.1. The van der Waals surface area contributed by atoms with Crippen molar-refractivity contribution in [3.8, 4) is 0 Å². The van der Waals surface area contributed by atoms with E-state index in [0.29, 0.717) is 44.1 Å². The molecule has 1 amide bonds. The maximum absolute atomic E-state index is 13.8. The van der Waals surface area contributed by atoms with Gasteiger partial charge in [0.1, 0.15) is 11.4 Å². The van der Waals surface area contributed by atoms with Crippen molar-refractivity contribution in [3.63, 3.8) is 0 Å². The number of likely N-dealkylation sites (tertiary alicyclic amines) is 2. The zero-order valence-electron chi connectivity index (χ0n) is 28.8. The average molecular weight is 659 g/mol. The first-order valence-corrected chi connectivity index (χ1v) is 16.8. The van der Waals surface area contributed by atoms with Crippen LogP contribution >= 0.6 is 0 Å². The Hall–Kier alpha value is -3.38. The second-order valence-electron chi connectivity index (χ2n) is 13.9. The summed E-state index contributed by atoms with van der Waals surface area (Å²) in [5, 5.41) is 5.01. The van der Waals surface area contributed by atoms with Crippen LogP contribution in [0.3, 0.4) is 0 Å². The molecule has 12 heteroatoms. The van der Waals surface area contributed by atoms with Crippen LogP contribution in [0.4, 0.5) is 23.8 Å². The lowest BCUT2D eigenvalue weighted by molar-refractivity contribution is -0.138. The molecule has 9 nitrogen and oxygen atoms in total. The molecule has 3 aliphatic heterocycles. The van der Waals surface area contributed by atoms with Crippen LogP contribution in [0, 0.1) is 19.3 Å². The molecule has 3 saturated heterocycles. The normalized spacial score (nSPS) is 18.6. The number of morpholine rings is 1. The Kier molecular flexibility index (Phi) is 10.1. The Morgan fingerprint density at radius 1 is 1.04 bits per heavy atom.